The molecule has 0 aliphatic carbocycles. The maximum atomic E-state index is 13.5. The summed E-state index contributed by atoms with van der Waals surface area (Å²) in [6.45, 7) is 2.71. The first-order chi connectivity index (χ1) is 16.1. The highest BCUT2D eigenvalue weighted by Gasteiger charge is 2.41. The molecule has 2 unspecified atom stereocenters. The lowest BCUT2D eigenvalue weighted by Gasteiger charge is -2.41. The molecule has 1 aromatic heterocycles. The predicted molar refractivity (Wildman–Crippen MR) is 126 cm³/mol. The van der Waals surface area contributed by atoms with Gasteiger partial charge >= 0.3 is 0 Å². The number of unbranched alkanes of at least 4 members (excludes halogenated alkanes) is 1. The van der Waals surface area contributed by atoms with Crippen LogP contribution in [0.2, 0.25) is 0 Å². The Bertz CT molecular complexity index is 1100. The van der Waals surface area contributed by atoms with E-state index >= 15 is 0 Å². The van der Waals surface area contributed by atoms with E-state index in [4.69, 9.17) is 9.15 Å². The summed E-state index contributed by atoms with van der Waals surface area (Å²) in [6.07, 6.45) is 5.78. The normalized spacial score (nSPS) is 18.2. The summed E-state index contributed by atoms with van der Waals surface area (Å²) in [4.78, 5) is 32.5. The van der Waals surface area contributed by atoms with E-state index in [1.54, 1.807) is 13.3 Å². The number of benzene rings is 2. The van der Waals surface area contributed by atoms with Gasteiger partial charge < -0.3 is 19.4 Å². The fourth-order valence-corrected chi connectivity index (χ4v) is 4.45. The van der Waals surface area contributed by atoms with Crippen molar-refractivity contribution < 1.29 is 18.7 Å². The second-order valence-corrected chi connectivity index (χ2v) is 8.18. The van der Waals surface area contributed by atoms with Crippen LogP contribution in [0.15, 0.2) is 65.4 Å². The largest absolute Gasteiger partial charge is 0.496 e. The number of piperidine rings is 1. The Morgan fingerprint density at radius 1 is 1.24 bits per heavy atom. The molecule has 1 N–H and O–H groups in total. The van der Waals surface area contributed by atoms with Crippen molar-refractivity contribution in [1.29, 1.82) is 0 Å². The first-order valence-electron chi connectivity index (χ1n) is 11.4. The number of para-hydroxylation sites is 1. The number of hydrogen-bond acceptors (Lipinski definition) is 5. The van der Waals surface area contributed by atoms with Crippen molar-refractivity contribution in [1.82, 2.24) is 9.88 Å². The number of carbonyl (C=O) groups is 2. The summed E-state index contributed by atoms with van der Waals surface area (Å²) in [5.74, 6) is 0.731. The van der Waals surface area contributed by atoms with Crippen molar-refractivity contribution in [3.8, 4) is 17.2 Å². The number of ether oxygens (including phenoxy) is 1. The van der Waals surface area contributed by atoms with Crippen molar-refractivity contribution in [2.45, 2.75) is 38.6 Å². The lowest BCUT2D eigenvalue weighted by atomic mass is 9.83. The molecule has 1 fully saturated rings. The van der Waals surface area contributed by atoms with Gasteiger partial charge in [0.1, 0.15) is 12.0 Å². The van der Waals surface area contributed by atoms with Gasteiger partial charge in [-0.15, -0.1) is 0 Å². The molecule has 172 valence electrons. The van der Waals surface area contributed by atoms with Crippen LogP contribution in [0.25, 0.3) is 11.5 Å². The second-order valence-electron chi connectivity index (χ2n) is 8.18. The van der Waals surface area contributed by atoms with Gasteiger partial charge in [0, 0.05) is 29.8 Å². The van der Waals surface area contributed by atoms with Crippen molar-refractivity contribution >= 4 is 17.5 Å². The van der Waals surface area contributed by atoms with Crippen molar-refractivity contribution in [3.05, 3.63) is 66.6 Å². The fraction of sp³-hybridized carbons (Fsp3) is 0.346. The third-order valence-corrected chi connectivity index (χ3v) is 6.06. The number of hydrogen-bond donors (Lipinski definition) is 1. The molecule has 4 rings (SSSR count). The van der Waals surface area contributed by atoms with Crippen LogP contribution in [-0.4, -0.2) is 35.4 Å². The van der Waals surface area contributed by atoms with Crippen LogP contribution in [-0.2, 0) is 9.59 Å². The molecule has 3 aromatic rings. The van der Waals surface area contributed by atoms with E-state index < -0.39 is 5.92 Å². The quantitative estimate of drug-likeness (QED) is 0.521. The Hall–Kier alpha value is -3.61. The highest BCUT2D eigenvalue weighted by molar-refractivity contribution is 5.95. The van der Waals surface area contributed by atoms with Gasteiger partial charge in [-0.25, -0.2) is 4.98 Å². The molecule has 7 nitrogen and oxygen atoms in total. The van der Waals surface area contributed by atoms with Crippen molar-refractivity contribution in [3.63, 3.8) is 0 Å². The minimum atomic E-state index is -0.402. The number of aromatic nitrogens is 1. The van der Waals surface area contributed by atoms with E-state index in [-0.39, 0.29) is 17.9 Å². The monoisotopic (exact) mass is 447 g/mol. The molecule has 1 aliphatic rings. The number of carbonyl (C=O) groups excluding carboxylic acids is 2. The maximum absolute atomic E-state index is 13.5. The second kappa shape index (κ2) is 10.3. The number of nitrogens with one attached hydrogen (secondary N) is 1. The predicted octanol–water partition coefficient (Wildman–Crippen LogP) is 5.07. The van der Waals surface area contributed by atoms with Gasteiger partial charge in [0.15, 0.2) is 0 Å². The van der Waals surface area contributed by atoms with Crippen LogP contribution < -0.4 is 10.1 Å². The minimum Gasteiger partial charge on any atom is -0.496 e. The number of amides is 2. The molecule has 0 spiro atoms. The Kier molecular flexibility index (Phi) is 7.07. The van der Waals surface area contributed by atoms with Crippen LogP contribution in [0.4, 0.5) is 5.69 Å². The molecule has 7 heteroatoms. The summed E-state index contributed by atoms with van der Waals surface area (Å²) in [6, 6.07) is 14.7. The maximum Gasteiger partial charge on any atom is 0.229 e. The lowest BCUT2D eigenvalue weighted by Crippen LogP contribution is -2.47. The number of rotatable bonds is 8. The standard InChI is InChI=1S/C26H29N3O4/c1-3-4-15-29-23(30)13-12-21(24(29)20-10-5-6-11-22(20)32-2)25(31)28-19-9-7-8-18(17-19)26-27-14-16-33-26/h5-11,14,16-17,21,24H,3-4,12-13,15H2,1-2H3,(H,28,31). The average molecular weight is 448 g/mol. The molecular formula is C26H29N3O4. The topological polar surface area (TPSA) is 84.7 Å². The lowest BCUT2D eigenvalue weighted by molar-refractivity contribution is -0.142. The molecule has 0 radical (unpaired) electrons. The van der Waals surface area contributed by atoms with Crippen molar-refractivity contribution in [2.24, 2.45) is 5.92 Å². The van der Waals surface area contributed by atoms with E-state index in [1.807, 2.05) is 53.4 Å². The Balaban J connectivity index is 1.64. The molecule has 1 aliphatic heterocycles. The zero-order chi connectivity index (χ0) is 23.2. The van der Waals surface area contributed by atoms with Crippen LogP contribution in [0.3, 0.4) is 0 Å². The molecule has 2 aromatic carbocycles. The molecule has 2 heterocycles. The van der Waals surface area contributed by atoms with Gasteiger partial charge in [0.2, 0.25) is 17.7 Å². The zero-order valence-electron chi connectivity index (χ0n) is 19.0. The molecule has 1 saturated heterocycles. The Morgan fingerprint density at radius 3 is 2.85 bits per heavy atom. The minimum absolute atomic E-state index is 0.0781. The van der Waals surface area contributed by atoms with Crippen LogP contribution in [0, 0.1) is 5.92 Å². The molecule has 33 heavy (non-hydrogen) atoms. The highest BCUT2D eigenvalue weighted by atomic mass is 16.5. The number of oxazole rings is 1. The molecule has 2 atom stereocenters. The third-order valence-electron chi connectivity index (χ3n) is 6.06. The summed E-state index contributed by atoms with van der Waals surface area (Å²) < 4.78 is 11.0. The number of likely N-dealkylation sites (tertiary alicyclic amines) is 1. The first kappa shape index (κ1) is 22.6. The number of methoxy groups -OCH3 is 1. The molecule has 0 bridgehead atoms. The van der Waals surface area contributed by atoms with Crippen LogP contribution >= 0.6 is 0 Å². The summed E-state index contributed by atoms with van der Waals surface area (Å²) in [5, 5.41) is 3.06. The van der Waals surface area contributed by atoms with Crippen molar-refractivity contribution in [2.75, 3.05) is 19.0 Å². The Labute approximate surface area is 193 Å². The van der Waals surface area contributed by atoms with Gasteiger partial charge in [-0.1, -0.05) is 37.6 Å². The smallest absolute Gasteiger partial charge is 0.229 e. The van der Waals surface area contributed by atoms with Gasteiger partial charge in [-0.05, 0) is 37.1 Å². The number of anilines is 1. The zero-order valence-corrected chi connectivity index (χ0v) is 19.0. The van der Waals surface area contributed by atoms with E-state index in [1.165, 1.54) is 6.26 Å². The Morgan fingerprint density at radius 2 is 2.09 bits per heavy atom. The van der Waals surface area contributed by atoms with E-state index in [9.17, 15) is 9.59 Å². The van der Waals surface area contributed by atoms with Gasteiger partial charge in [-0.2, -0.15) is 0 Å². The summed E-state index contributed by atoms with van der Waals surface area (Å²) in [5.41, 5.74) is 2.30. The van der Waals surface area contributed by atoms with Gasteiger partial charge in [0.05, 0.1) is 25.3 Å². The SMILES string of the molecule is CCCCN1C(=O)CCC(C(=O)Nc2cccc(-c3ncco3)c2)C1c1ccccc1OC. The summed E-state index contributed by atoms with van der Waals surface area (Å²) in [7, 11) is 1.61. The van der Waals surface area contributed by atoms with E-state index in [2.05, 4.69) is 17.2 Å². The average Bonchev–Trinajstić information content (AvgIpc) is 3.38. The van der Waals surface area contributed by atoms with Gasteiger partial charge in [-0.3, -0.25) is 9.59 Å². The number of nitrogens with zero attached hydrogens (tertiary/aromatic N) is 2. The van der Waals surface area contributed by atoms with Crippen LogP contribution in [0.1, 0.15) is 44.2 Å². The van der Waals surface area contributed by atoms with Crippen LogP contribution in [0.5, 0.6) is 5.75 Å². The molecular weight excluding hydrogens is 418 g/mol. The molecule has 2 amide bonds. The van der Waals surface area contributed by atoms with E-state index in [0.29, 0.717) is 36.7 Å². The third kappa shape index (κ3) is 4.92. The first-order valence-corrected chi connectivity index (χ1v) is 11.4. The highest BCUT2D eigenvalue weighted by Crippen LogP contribution is 2.41. The summed E-state index contributed by atoms with van der Waals surface area (Å²) >= 11 is 0. The fourth-order valence-electron chi connectivity index (χ4n) is 4.45. The molecule has 0 saturated carbocycles. The van der Waals surface area contributed by atoms with Gasteiger partial charge in [0.25, 0.3) is 0 Å². The van der Waals surface area contributed by atoms with E-state index in [0.717, 1.165) is 24.0 Å².